The first-order chi connectivity index (χ1) is 11.3. The average Bonchev–Trinajstić information content (AvgIpc) is 3.21. The van der Waals surface area contributed by atoms with Crippen LogP contribution in [0.25, 0.3) is 0 Å². The normalized spacial score (nSPS) is 21.2. The van der Waals surface area contributed by atoms with E-state index in [-0.39, 0.29) is 0 Å². The van der Waals surface area contributed by atoms with Crippen LogP contribution >= 0.6 is 11.3 Å². The summed E-state index contributed by atoms with van der Waals surface area (Å²) < 4.78 is 0. The lowest BCUT2D eigenvalue weighted by Crippen LogP contribution is -2.53. The quantitative estimate of drug-likeness (QED) is 0.883. The van der Waals surface area contributed by atoms with E-state index in [9.17, 15) is 0 Å². The highest BCUT2D eigenvalue weighted by atomic mass is 32.1. The van der Waals surface area contributed by atoms with Gasteiger partial charge >= 0.3 is 0 Å². The maximum absolute atomic E-state index is 4.33. The Hall–Kier alpha value is -1.43. The summed E-state index contributed by atoms with van der Waals surface area (Å²) in [4.78, 5) is 9.61. The molecule has 2 aromatic rings. The lowest BCUT2D eigenvalue weighted by molar-refractivity contribution is 0.0856. The Labute approximate surface area is 142 Å². The second-order valence-corrected chi connectivity index (χ2v) is 7.56. The van der Waals surface area contributed by atoms with Crippen molar-refractivity contribution in [2.75, 3.05) is 38.0 Å². The third kappa shape index (κ3) is 3.57. The van der Waals surface area contributed by atoms with Crippen LogP contribution in [-0.2, 0) is 6.54 Å². The topological polar surface area (TPSA) is 31.4 Å². The SMILES string of the molecule is c1ccc(CN2CCN(C3(CNc4nccs4)CC3)CC2)cc1. The number of nitrogens with one attached hydrogen (secondary N) is 1. The van der Waals surface area contributed by atoms with Gasteiger partial charge in [0.25, 0.3) is 0 Å². The molecule has 1 N–H and O–H groups in total. The molecule has 1 aliphatic heterocycles. The molecule has 4 rings (SSSR count). The largest absolute Gasteiger partial charge is 0.360 e. The molecule has 2 fully saturated rings. The van der Waals surface area contributed by atoms with E-state index in [1.54, 1.807) is 11.3 Å². The number of hydrogen-bond acceptors (Lipinski definition) is 5. The number of nitrogens with zero attached hydrogens (tertiary/aromatic N) is 3. The molecule has 1 aliphatic carbocycles. The van der Waals surface area contributed by atoms with Crippen LogP contribution in [0, 0.1) is 0 Å². The van der Waals surface area contributed by atoms with Crippen LogP contribution in [0.3, 0.4) is 0 Å². The van der Waals surface area contributed by atoms with E-state index in [0.29, 0.717) is 5.54 Å². The first-order valence-corrected chi connectivity index (χ1v) is 9.37. The van der Waals surface area contributed by atoms with Crippen molar-refractivity contribution in [3.63, 3.8) is 0 Å². The summed E-state index contributed by atoms with van der Waals surface area (Å²) in [5.74, 6) is 0. The van der Waals surface area contributed by atoms with Crippen molar-refractivity contribution < 1.29 is 0 Å². The molecule has 0 atom stereocenters. The number of thiazole rings is 1. The van der Waals surface area contributed by atoms with Gasteiger partial charge in [-0.2, -0.15) is 0 Å². The van der Waals surface area contributed by atoms with Crippen molar-refractivity contribution in [3.05, 3.63) is 47.5 Å². The van der Waals surface area contributed by atoms with Crippen LogP contribution in [0.4, 0.5) is 5.13 Å². The molecule has 23 heavy (non-hydrogen) atoms. The molecule has 122 valence electrons. The summed E-state index contributed by atoms with van der Waals surface area (Å²) >= 11 is 1.69. The van der Waals surface area contributed by atoms with Crippen molar-refractivity contribution >= 4 is 16.5 Å². The minimum Gasteiger partial charge on any atom is -0.360 e. The first-order valence-electron chi connectivity index (χ1n) is 8.49. The molecule has 1 aromatic carbocycles. The molecule has 2 heterocycles. The number of hydrogen-bond donors (Lipinski definition) is 1. The van der Waals surface area contributed by atoms with E-state index in [0.717, 1.165) is 18.2 Å². The third-order valence-corrected chi connectivity index (χ3v) is 5.85. The van der Waals surface area contributed by atoms with Gasteiger partial charge < -0.3 is 5.32 Å². The van der Waals surface area contributed by atoms with Gasteiger partial charge in [0.1, 0.15) is 0 Å². The minimum atomic E-state index is 0.393. The number of piperazine rings is 1. The van der Waals surface area contributed by atoms with E-state index < -0.39 is 0 Å². The van der Waals surface area contributed by atoms with Crippen LogP contribution < -0.4 is 5.32 Å². The standard InChI is InChI=1S/C18H24N4S/c1-2-4-16(5-3-1)14-21-9-11-22(12-10-21)18(6-7-18)15-20-17-19-8-13-23-17/h1-5,8,13H,6-7,9-12,14-15H2,(H,19,20). The van der Waals surface area contributed by atoms with Crippen LogP contribution in [0.2, 0.25) is 0 Å². The maximum atomic E-state index is 4.33. The number of aromatic nitrogens is 1. The first kappa shape index (κ1) is 15.1. The summed E-state index contributed by atoms with van der Waals surface area (Å²) in [5, 5.41) is 6.61. The molecule has 4 nitrogen and oxygen atoms in total. The molecule has 0 unspecified atom stereocenters. The van der Waals surface area contributed by atoms with Crippen LogP contribution in [0.15, 0.2) is 41.9 Å². The molecule has 1 saturated heterocycles. The van der Waals surface area contributed by atoms with E-state index in [2.05, 4.69) is 50.4 Å². The Balaban J connectivity index is 1.27. The molecule has 1 saturated carbocycles. The van der Waals surface area contributed by atoms with Crippen molar-refractivity contribution in [3.8, 4) is 0 Å². The van der Waals surface area contributed by atoms with E-state index >= 15 is 0 Å². The molecule has 2 aliphatic rings. The number of anilines is 1. The molecule has 1 aromatic heterocycles. The van der Waals surface area contributed by atoms with Gasteiger partial charge in [-0.1, -0.05) is 30.3 Å². The highest BCUT2D eigenvalue weighted by Gasteiger charge is 2.48. The molecular formula is C18H24N4S. The van der Waals surface area contributed by atoms with Crippen LogP contribution in [-0.4, -0.2) is 53.0 Å². The van der Waals surface area contributed by atoms with E-state index in [4.69, 9.17) is 0 Å². The maximum Gasteiger partial charge on any atom is 0.182 e. The van der Waals surface area contributed by atoms with E-state index in [1.807, 2.05) is 11.6 Å². The second kappa shape index (κ2) is 6.59. The summed E-state index contributed by atoms with van der Waals surface area (Å²) in [7, 11) is 0. The van der Waals surface area contributed by atoms with Crippen LogP contribution in [0.5, 0.6) is 0 Å². The van der Waals surface area contributed by atoms with Crippen molar-refractivity contribution in [2.45, 2.75) is 24.9 Å². The van der Waals surface area contributed by atoms with Gasteiger partial charge in [0.2, 0.25) is 0 Å². The van der Waals surface area contributed by atoms with Crippen molar-refractivity contribution in [2.24, 2.45) is 0 Å². The molecule has 0 bridgehead atoms. The Morgan fingerprint density at radius 1 is 1.09 bits per heavy atom. The van der Waals surface area contributed by atoms with Crippen molar-refractivity contribution in [1.29, 1.82) is 0 Å². The lowest BCUT2D eigenvalue weighted by Gasteiger charge is -2.40. The Morgan fingerprint density at radius 3 is 2.52 bits per heavy atom. The predicted molar refractivity (Wildman–Crippen MR) is 95.9 cm³/mol. The van der Waals surface area contributed by atoms with Crippen LogP contribution in [0.1, 0.15) is 18.4 Å². The zero-order valence-electron chi connectivity index (χ0n) is 13.4. The average molecular weight is 328 g/mol. The monoisotopic (exact) mass is 328 g/mol. The second-order valence-electron chi connectivity index (χ2n) is 6.66. The fourth-order valence-corrected chi connectivity index (χ4v) is 4.05. The van der Waals surface area contributed by atoms with Gasteiger partial charge in [0.05, 0.1) is 0 Å². The summed E-state index contributed by atoms with van der Waals surface area (Å²) in [5.41, 5.74) is 1.82. The Morgan fingerprint density at radius 2 is 1.87 bits per heavy atom. The van der Waals surface area contributed by atoms with Gasteiger partial charge in [-0.05, 0) is 18.4 Å². The van der Waals surface area contributed by atoms with Crippen molar-refractivity contribution in [1.82, 2.24) is 14.8 Å². The van der Waals surface area contributed by atoms with Gasteiger partial charge in [-0.3, -0.25) is 9.80 Å². The summed E-state index contributed by atoms with van der Waals surface area (Å²) in [6.07, 6.45) is 4.52. The number of benzene rings is 1. The predicted octanol–water partition coefficient (Wildman–Crippen LogP) is 2.91. The highest BCUT2D eigenvalue weighted by molar-refractivity contribution is 7.13. The highest BCUT2D eigenvalue weighted by Crippen LogP contribution is 2.42. The molecule has 0 spiro atoms. The zero-order valence-corrected chi connectivity index (χ0v) is 14.3. The Kier molecular flexibility index (Phi) is 4.33. The molecular weight excluding hydrogens is 304 g/mol. The van der Waals surface area contributed by atoms with Gasteiger partial charge in [-0.25, -0.2) is 4.98 Å². The smallest absolute Gasteiger partial charge is 0.182 e. The molecule has 0 amide bonds. The fraction of sp³-hybridized carbons (Fsp3) is 0.500. The fourth-order valence-electron chi connectivity index (χ4n) is 3.52. The van der Waals surface area contributed by atoms with E-state index in [1.165, 1.54) is 44.6 Å². The Bertz CT molecular complexity index is 601. The van der Waals surface area contributed by atoms with Gasteiger partial charge in [0, 0.05) is 56.4 Å². The minimum absolute atomic E-state index is 0.393. The third-order valence-electron chi connectivity index (χ3n) is 5.12. The van der Waals surface area contributed by atoms with Gasteiger partial charge in [-0.15, -0.1) is 11.3 Å². The summed E-state index contributed by atoms with van der Waals surface area (Å²) in [6.45, 7) is 6.85. The molecule has 0 radical (unpaired) electrons. The molecule has 5 heteroatoms. The number of rotatable bonds is 6. The summed E-state index contributed by atoms with van der Waals surface area (Å²) in [6, 6.07) is 10.8. The zero-order chi connectivity index (χ0) is 15.5. The van der Waals surface area contributed by atoms with Gasteiger partial charge in [0.15, 0.2) is 5.13 Å². The lowest BCUT2D eigenvalue weighted by atomic mass is 10.1.